The van der Waals surface area contributed by atoms with E-state index in [2.05, 4.69) is 79.9 Å². The Kier molecular flexibility index (Phi) is 56.1. The van der Waals surface area contributed by atoms with Gasteiger partial charge in [-0.05, 0) is 70.6 Å². The summed E-state index contributed by atoms with van der Waals surface area (Å²) in [5, 5.41) is 13.9. The molecule has 1 amide bonds. The van der Waals surface area contributed by atoms with Crippen LogP contribution in [0.1, 0.15) is 296 Å². The van der Waals surface area contributed by atoms with Crippen LogP contribution in [0.3, 0.4) is 0 Å². The maximum absolute atomic E-state index is 13.0. The fraction of sp³-hybridized carbons (Fsp3) is 0.806. The van der Waals surface area contributed by atoms with Crippen LogP contribution in [-0.4, -0.2) is 68.5 Å². The summed E-state index contributed by atoms with van der Waals surface area (Å²) in [5.74, 6) is -0.205. The van der Waals surface area contributed by atoms with Crippen LogP contribution >= 0.6 is 7.82 Å². The lowest BCUT2D eigenvalue weighted by Crippen LogP contribution is -2.45. The zero-order valence-electron chi connectivity index (χ0n) is 50.7. The van der Waals surface area contributed by atoms with Crippen molar-refractivity contribution < 1.29 is 32.9 Å². The number of hydrogen-bond acceptors (Lipinski definition) is 6. The molecule has 0 aliphatic carbocycles. The van der Waals surface area contributed by atoms with Crippen molar-refractivity contribution in [2.24, 2.45) is 0 Å². The van der Waals surface area contributed by atoms with E-state index in [0.29, 0.717) is 17.4 Å². The summed E-state index contributed by atoms with van der Waals surface area (Å²) >= 11 is 0. The molecule has 0 aliphatic rings. The van der Waals surface area contributed by atoms with E-state index in [1.54, 1.807) is 6.08 Å². The fourth-order valence-electron chi connectivity index (χ4n) is 9.40. The average molecular weight is 1090 g/mol. The monoisotopic (exact) mass is 1080 g/mol. The molecule has 0 aromatic rings. The third-order valence-electron chi connectivity index (χ3n) is 14.4. The Hall–Kier alpha value is -2.06. The smallest absolute Gasteiger partial charge is 0.268 e. The van der Waals surface area contributed by atoms with Gasteiger partial charge >= 0.3 is 0 Å². The molecule has 3 atom stereocenters. The Balaban J connectivity index is 4.15. The van der Waals surface area contributed by atoms with Gasteiger partial charge in [0.1, 0.15) is 13.2 Å². The number of rotatable bonds is 59. The number of nitrogens with one attached hydrogen (secondary N) is 1. The van der Waals surface area contributed by atoms with Crippen LogP contribution in [0, 0.1) is 0 Å². The first-order chi connectivity index (χ1) is 37.0. The number of phosphoric acid groups is 1. The van der Waals surface area contributed by atoms with Gasteiger partial charge in [-0.3, -0.25) is 9.36 Å². The predicted molar refractivity (Wildman–Crippen MR) is 330 cm³/mol. The number of aliphatic hydroxyl groups excluding tert-OH is 1. The molecule has 0 radical (unpaired) electrons. The van der Waals surface area contributed by atoms with E-state index in [1.165, 1.54) is 212 Å². The van der Waals surface area contributed by atoms with E-state index in [-0.39, 0.29) is 12.5 Å². The van der Waals surface area contributed by atoms with Gasteiger partial charge in [-0.2, -0.15) is 0 Å². The second kappa shape index (κ2) is 57.6. The highest BCUT2D eigenvalue weighted by Crippen LogP contribution is 2.38. The Labute approximate surface area is 472 Å². The standard InChI is InChI=1S/C67H125N2O6P/c1-6-8-10-12-14-16-18-20-22-24-26-28-30-32-33-34-35-37-39-41-43-45-47-49-51-53-55-57-59-61-67(71)68-65(64-75-76(72,73)74-63-62-69(3,4)5)66(70)60-58-56-54-52-50-48-46-44-42-40-38-36-31-29-27-25-23-21-19-17-15-13-11-9-7-2/h8,10,14,16,20,22,26,28,50,52,58,60,65-66,70H,6-7,9,11-13,15,17-19,21,23-25,27,29-49,51,53-57,59,61-64H2,1-5H3,(H-,68,71,72,73)/b10-8-,16-14-,22-20-,28-26-,52-50+,60-58+. The fourth-order valence-corrected chi connectivity index (χ4v) is 10.1. The number of hydrogen-bond donors (Lipinski definition) is 2. The number of amides is 1. The van der Waals surface area contributed by atoms with E-state index in [4.69, 9.17) is 9.05 Å². The van der Waals surface area contributed by atoms with E-state index < -0.39 is 26.6 Å². The number of likely N-dealkylation sites (N-methyl/N-ethyl adjacent to an activating group) is 1. The molecular weight excluding hydrogens is 960 g/mol. The summed E-state index contributed by atoms with van der Waals surface area (Å²) in [7, 11) is 1.25. The van der Waals surface area contributed by atoms with Gasteiger partial charge < -0.3 is 28.8 Å². The molecule has 0 spiro atoms. The first kappa shape index (κ1) is 73.9. The van der Waals surface area contributed by atoms with Crippen LogP contribution in [0.5, 0.6) is 0 Å². The van der Waals surface area contributed by atoms with Crippen molar-refractivity contribution in [3.8, 4) is 0 Å². The minimum absolute atomic E-state index is 0.00750. The minimum atomic E-state index is -4.61. The minimum Gasteiger partial charge on any atom is -0.756 e. The second-order valence-electron chi connectivity index (χ2n) is 23.1. The number of nitrogens with zero attached hydrogens (tertiary/aromatic N) is 1. The maximum Gasteiger partial charge on any atom is 0.268 e. The van der Waals surface area contributed by atoms with E-state index in [0.717, 1.165) is 64.2 Å². The molecule has 0 rings (SSSR count). The lowest BCUT2D eigenvalue weighted by molar-refractivity contribution is -0.870. The molecule has 0 aromatic carbocycles. The molecule has 76 heavy (non-hydrogen) atoms. The number of allylic oxidation sites excluding steroid dienone is 11. The first-order valence-electron chi connectivity index (χ1n) is 32.3. The van der Waals surface area contributed by atoms with Gasteiger partial charge in [-0.25, -0.2) is 0 Å². The van der Waals surface area contributed by atoms with Gasteiger partial charge in [0, 0.05) is 6.42 Å². The molecule has 3 unspecified atom stereocenters. The van der Waals surface area contributed by atoms with E-state index in [1.807, 2.05) is 27.2 Å². The molecule has 0 fully saturated rings. The van der Waals surface area contributed by atoms with Crippen LogP contribution in [0.15, 0.2) is 72.9 Å². The summed E-state index contributed by atoms with van der Waals surface area (Å²) in [4.78, 5) is 25.6. The van der Waals surface area contributed by atoms with Crippen LogP contribution in [0.2, 0.25) is 0 Å². The van der Waals surface area contributed by atoms with Crippen molar-refractivity contribution in [3.63, 3.8) is 0 Å². The predicted octanol–water partition coefficient (Wildman–Crippen LogP) is 19.6. The Morgan fingerprint density at radius 3 is 1.22 bits per heavy atom. The summed E-state index contributed by atoms with van der Waals surface area (Å²) < 4.78 is 23.4. The molecule has 0 saturated heterocycles. The molecule has 9 heteroatoms. The molecule has 0 heterocycles. The van der Waals surface area contributed by atoms with Crippen molar-refractivity contribution >= 4 is 13.7 Å². The highest BCUT2D eigenvalue weighted by molar-refractivity contribution is 7.45. The molecule has 0 aromatic heterocycles. The van der Waals surface area contributed by atoms with Gasteiger partial charge in [0.15, 0.2) is 0 Å². The lowest BCUT2D eigenvalue weighted by atomic mass is 10.0. The van der Waals surface area contributed by atoms with E-state index >= 15 is 0 Å². The zero-order chi connectivity index (χ0) is 55.6. The van der Waals surface area contributed by atoms with Crippen LogP contribution in [-0.2, 0) is 18.4 Å². The normalized spacial score (nSPS) is 14.2. The maximum atomic E-state index is 13.0. The SMILES string of the molecule is CC/C=C\C/C=C\C/C=C\C/C=C\CCCCCCCCCCCCCCCCCCC(=O)NC(COP(=O)([O-])OCC[N+](C)(C)C)C(O)/C=C/CC/C=C/CCCCCCCCCCCCCCCCCCCCC. The average Bonchev–Trinajstić information content (AvgIpc) is 3.38. The van der Waals surface area contributed by atoms with Gasteiger partial charge in [0.2, 0.25) is 5.91 Å². The zero-order valence-corrected chi connectivity index (χ0v) is 51.6. The topological polar surface area (TPSA) is 108 Å². The molecule has 2 N–H and O–H groups in total. The molecular formula is C67H125N2O6P. The number of carbonyl (C=O) groups is 1. The van der Waals surface area contributed by atoms with Crippen molar-refractivity contribution in [1.82, 2.24) is 5.32 Å². The number of quaternary nitrogens is 1. The molecule has 8 nitrogen and oxygen atoms in total. The highest BCUT2D eigenvalue weighted by Gasteiger charge is 2.23. The Morgan fingerprint density at radius 1 is 0.474 bits per heavy atom. The number of phosphoric ester groups is 1. The van der Waals surface area contributed by atoms with Crippen LogP contribution in [0.4, 0.5) is 0 Å². The Morgan fingerprint density at radius 2 is 0.816 bits per heavy atom. The van der Waals surface area contributed by atoms with Crippen LogP contribution < -0.4 is 10.2 Å². The largest absolute Gasteiger partial charge is 0.756 e. The second-order valence-corrected chi connectivity index (χ2v) is 24.5. The van der Waals surface area contributed by atoms with Gasteiger partial charge in [-0.1, -0.05) is 292 Å². The quantitative estimate of drug-likeness (QED) is 0.0272. The summed E-state index contributed by atoms with van der Waals surface area (Å²) in [6, 6.07) is -0.907. The number of unbranched alkanes of at least 4 members (excludes halogenated alkanes) is 36. The van der Waals surface area contributed by atoms with Crippen molar-refractivity contribution in [3.05, 3.63) is 72.9 Å². The first-order valence-corrected chi connectivity index (χ1v) is 33.8. The van der Waals surface area contributed by atoms with Crippen molar-refractivity contribution in [2.75, 3.05) is 40.9 Å². The number of aliphatic hydroxyl groups is 1. The molecule has 0 bridgehead atoms. The Bertz CT molecular complexity index is 1470. The molecule has 0 saturated carbocycles. The summed E-state index contributed by atoms with van der Waals surface area (Å²) in [6.07, 6.45) is 80.1. The number of carbonyl (C=O) groups excluding carboxylic acids is 1. The summed E-state index contributed by atoms with van der Waals surface area (Å²) in [6.45, 7) is 4.55. The van der Waals surface area contributed by atoms with E-state index in [9.17, 15) is 19.4 Å². The lowest BCUT2D eigenvalue weighted by Gasteiger charge is -2.29. The van der Waals surface area contributed by atoms with Crippen LogP contribution in [0.25, 0.3) is 0 Å². The van der Waals surface area contributed by atoms with Crippen molar-refractivity contribution in [2.45, 2.75) is 309 Å². The van der Waals surface area contributed by atoms with Gasteiger partial charge in [-0.15, -0.1) is 0 Å². The van der Waals surface area contributed by atoms with Gasteiger partial charge in [0.05, 0.1) is 39.9 Å². The summed E-state index contributed by atoms with van der Waals surface area (Å²) in [5.41, 5.74) is 0. The third kappa shape index (κ3) is 59.6. The third-order valence-corrected chi connectivity index (χ3v) is 15.4. The van der Waals surface area contributed by atoms with Crippen molar-refractivity contribution in [1.29, 1.82) is 0 Å². The molecule has 0 aliphatic heterocycles. The highest BCUT2D eigenvalue weighted by atomic mass is 31.2. The molecule has 444 valence electrons. The van der Waals surface area contributed by atoms with Gasteiger partial charge in [0.25, 0.3) is 7.82 Å².